The molecule has 0 spiro atoms. The number of benzene rings is 2. The molecule has 7 heteroatoms. The molecule has 1 atom stereocenters. The van der Waals surface area contributed by atoms with Crippen LogP contribution in [0.15, 0.2) is 59.6 Å². The van der Waals surface area contributed by atoms with Crippen LogP contribution in [0.5, 0.6) is 5.75 Å². The van der Waals surface area contributed by atoms with Gasteiger partial charge in [-0.3, -0.25) is 4.99 Å². The van der Waals surface area contributed by atoms with E-state index in [4.69, 9.17) is 9.47 Å². The van der Waals surface area contributed by atoms with Gasteiger partial charge >= 0.3 is 0 Å². The first-order valence-electron chi connectivity index (χ1n) is 10.3. The first-order valence-corrected chi connectivity index (χ1v) is 10.3. The molecule has 1 unspecified atom stereocenters. The molecule has 3 rings (SSSR count). The molecule has 0 amide bonds. The SMILES string of the molecule is CN=C(NCCOCc1ccccc1OC)NC1CCCN(c2ccccc2)C1.I. The van der Waals surface area contributed by atoms with Crippen LogP contribution in [0, 0.1) is 0 Å². The molecule has 1 aliphatic rings. The van der Waals surface area contributed by atoms with Gasteiger partial charge in [-0.25, -0.2) is 0 Å². The van der Waals surface area contributed by atoms with E-state index in [0.717, 1.165) is 36.8 Å². The van der Waals surface area contributed by atoms with Crippen LogP contribution >= 0.6 is 24.0 Å². The van der Waals surface area contributed by atoms with Gasteiger partial charge in [-0.2, -0.15) is 0 Å². The normalized spacial score (nSPS) is 16.5. The molecule has 1 heterocycles. The number of ether oxygens (including phenoxy) is 2. The lowest BCUT2D eigenvalue weighted by atomic mass is 10.1. The van der Waals surface area contributed by atoms with Gasteiger partial charge in [0.05, 0.1) is 20.3 Å². The topological polar surface area (TPSA) is 58.1 Å². The molecule has 0 saturated carbocycles. The Bertz CT molecular complexity index is 773. The van der Waals surface area contributed by atoms with E-state index in [2.05, 4.69) is 50.9 Å². The molecule has 164 valence electrons. The summed E-state index contributed by atoms with van der Waals surface area (Å²) in [5, 5.41) is 6.90. The molecule has 1 fully saturated rings. The molecular formula is C23H33IN4O2. The van der Waals surface area contributed by atoms with Gasteiger partial charge in [0.1, 0.15) is 5.75 Å². The first kappa shape index (κ1) is 24.3. The number of methoxy groups -OCH3 is 1. The zero-order valence-electron chi connectivity index (χ0n) is 17.8. The average molecular weight is 524 g/mol. The summed E-state index contributed by atoms with van der Waals surface area (Å²) >= 11 is 0. The summed E-state index contributed by atoms with van der Waals surface area (Å²) in [7, 11) is 3.49. The second kappa shape index (κ2) is 13.3. The number of para-hydroxylation sites is 2. The predicted octanol–water partition coefficient (Wildman–Crippen LogP) is 3.66. The number of guanidine groups is 1. The molecule has 0 aliphatic carbocycles. The van der Waals surface area contributed by atoms with Crippen LogP contribution < -0.4 is 20.3 Å². The van der Waals surface area contributed by atoms with Crippen molar-refractivity contribution in [1.82, 2.24) is 10.6 Å². The highest BCUT2D eigenvalue weighted by Gasteiger charge is 2.20. The maximum absolute atomic E-state index is 5.79. The van der Waals surface area contributed by atoms with Crippen LogP contribution in [-0.4, -0.2) is 52.4 Å². The molecule has 0 bridgehead atoms. The van der Waals surface area contributed by atoms with Crippen LogP contribution in [0.3, 0.4) is 0 Å². The van der Waals surface area contributed by atoms with Crippen molar-refractivity contribution in [2.24, 2.45) is 4.99 Å². The van der Waals surface area contributed by atoms with Crippen LogP contribution in [0.2, 0.25) is 0 Å². The van der Waals surface area contributed by atoms with Crippen molar-refractivity contribution in [2.45, 2.75) is 25.5 Å². The minimum absolute atomic E-state index is 0. The van der Waals surface area contributed by atoms with Crippen molar-refractivity contribution in [2.75, 3.05) is 45.3 Å². The third-order valence-electron chi connectivity index (χ3n) is 5.10. The number of piperidine rings is 1. The Morgan fingerprint density at radius 1 is 1.13 bits per heavy atom. The molecule has 0 radical (unpaired) electrons. The van der Waals surface area contributed by atoms with E-state index in [0.29, 0.717) is 25.8 Å². The van der Waals surface area contributed by atoms with Crippen molar-refractivity contribution in [3.63, 3.8) is 0 Å². The number of nitrogens with one attached hydrogen (secondary N) is 2. The van der Waals surface area contributed by atoms with Crippen LogP contribution in [0.25, 0.3) is 0 Å². The Kier molecular flexibility index (Phi) is 10.8. The number of rotatable bonds is 8. The third kappa shape index (κ3) is 7.36. The van der Waals surface area contributed by atoms with Gasteiger partial charge in [0, 0.05) is 44.0 Å². The molecule has 2 aromatic rings. The van der Waals surface area contributed by atoms with Gasteiger partial charge < -0.3 is 25.0 Å². The van der Waals surface area contributed by atoms with Gasteiger partial charge in [0.15, 0.2) is 5.96 Å². The smallest absolute Gasteiger partial charge is 0.191 e. The van der Waals surface area contributed by atoms with E-state index in [9.17, 15) is 0 Å². The summed E-state index contributed by atoms with van der Waals surface area (Å²) in [6.45, 7) is 3.91. The number of hydrogen-bond donors (Lipinski definition) is 2. The van der Waals surface area contributed by atoms with Gasteiger partial charge in [-0.15, -0.1) is 24.0 Å². The zero-order chi connectivity index (χ0) is 20.3. The van der Waals surface area contributed by atoms with E-state index in [1.54, 1.807) is 7.11 Å². The lowest BCUT2D eigenvalue weighted by molar-refractivity contribution is 0.123. The average Bonchev–Trinajstić information content (AvgIpc) is 2.79. The fourth-order valence-corrected chi connectivity index (χ4v) is 3.60. The highest BCUT2D eigenvalue weighted by Crippen LogP contribution is 2.19. The Labute approximate surface area is 197 Å². The summed E-state index contributed by atoms with van der Waals surface area (Å²) in [4.78, 5) is 6.80. The summed E-state index contributed by atoms with van der Waals surface area (Å²) in [6, 6.07) is 18.9. The number of nitrogens with zero attached hydrogens (tertiary/aromatic N) is 2. The standard InChI is InChI=1S/C23H32N4O2.HI/c1-24-23(25-14-16-29-18-19-9-6-7-13-22(19)28-2)26-20-10-8-15-27(17-20)21-11-4-3-5-12-21;/h3-7,9,11-13,20H,8,10,14-18H2,1-2H3,(H2,24,25,26);1H. The Morgan fingerprint density at radius 3 is 2.67 bits per heavy atom. The highest BCUT2D eigenvalue weighted by molar-refractivity contribution is 14.0. The van der Waals surface area contributed by atoms with Crippen molar-refractivity contribution < 1.29 is 9.47 Å². The number of halogens is 1. The van der Waals surface area contributed by atoms with Gasteiger partial charge in [0.25, 0.3) is 0 Å². The number of anilines is 1. The van der Waals surface area contributed by atoms with Crippen LogP contribution in [0.1, 0.15) is 18.4 Å². The molecule has 2 aromatic carbocycles. The molecular weight excluding hydrogens is 491 g/mol. The van der Waals surface area contributed by atoms with E-state index >= 15 is 0 Å². The monoisotopic (exact) mass is 524 g/mol. The minimum atomic E-state index is 0. The van der Waals surface area contributed by atoms with Crippen LogP contribution in [-0.2, 0) is 11.3 Å². The van der Waals surface area contributed by atoms with Crippen molar-refractivity contribution in [3.05, 3.63) is 60.2 Å². The minimum Gasteiger partial charge on any atom is -0.496 e. The van der Waals surface area contributed by atoms with E-state index < -0.39 is 0 Å². The molecule has 30 heavy (non-hydrogen) atoms. The highest BCUT2D eigenvalue weighted by atomic mass is 127. The fourth-order valence-electron chi connectivity index (χ4n) is 3.60. The van der Waals surface area contributed by atoms with Crippen molar-refractivity contribution in [3.8, 4) is 5.75 Å². The van der Waals surface area contributed by atoms with E-state index in [1.807, 2.05) is 31.3 Å². The predicted molar refractivity (Wildman–Crippen MR) is 134 cm³/mol. The van der Waals surface area contributed by atoms with Gasteiger partial charge in [-0.1, -0.05) is 36.4 Å². The van der Waals surface area contributed by atoms with E-state index in [1.165, 1.54) is 12.1 Å². The third-order valence-corrected chi connectivity index (χ3v) is 5.10. The van der Waals surface area contributed by atoms with E-state index in [-0.39, 0.29) is 24.0 Å². The largest absolute Gasteiger partial charge is 0.496 e. The van der Waals surface area contributed by atoms with Gasteiger partial charge in [0.2, 0.25) is 0 Å². The maximum Gasteiger partial charge on any atom is 0.191 e. The fraction of sp³-hybridized carbons (Fsp3) is 0.435. The number of hydrogen-bond acceptors (Lipinski definition) is 4. The summed E-state index contributed by atoms with van der Waals surface area (Å²) in [5.41, 5.74) is 2.34. The second-order valence-electron chi connectivity index (χ2n) is 7.13. The molecule has 2 N–H and O–H groups in total. The van der Waals surface area contributed by atoms with Gasteiger partial charge in [-0.05, 0) is 31.0 Å². The lowest BCUT2D eigenvalue weighted by Crippen LogP contribution is -2.51. The summed E-state index contributed by atoms with van der Waals surface area (Å²) in [6.07, 6.45) is 2.32. The Hall–Kier alpha value is -2.00. The first-order chi connectivity index (χ1) is 14.3. The van der Waals surface area contributed by atoms with Crippen molar-refractivity contribution >= 4 is 35.6 Å². The molecule has 1 saturated heterocycles. The number of aliphatic imine (C=N–C) groups is 1. The Morgan fingerprint density at radius 2 is 1.90 bits per heavy atom. The Balaban J connectivity index is 0.00000320. The zero-order valence-corrected chi connectivity index (χ0v) is 20.2. The molecule has 6 nitrogen and oxygen atoms in total. The second-order valence-corrected chi connectivity index (χ2v) is 7.13. The molecule has 1 aliphatic heterocycles. The quantitative estimate of drug-likeness (QED) is 0.239. The summed E-state index contributed by atoms with van der Waals surface area (Å²) in [5.74, 6) is 1.68. The van der Waals surface area contributed by atoms with Crippen LogP contribution in [0.4, 0.5) is 5.69 Å². The van der Waals surface area contributed by atoms with Crippen molar-refractivity contribution in [1.29, 1.82) is 0 Å². The molecule has 0 aromatic heterocycles. The summed E-state index contributed by atoms with van der Waals surface area (Å²) < 4.78 is 11.1. The lowest BCUT2D eigenvalue weighted by Gasteiger charge is -2.35. The maximum atomic E-state index is 5.79.